The number of allylic oxidation sites excluding steroid dienone is 4. The fourth-order valence-corrected chi connectivity index (χ4v) is 3.47. The normalized spacial score (nSPS) is 11.3. The lowest BCUT2D eigenvalue weighted by molar-refractivity contribution is 0.373. The average molecular weight is 404 g/mol. The predicted molar refractivity (Wildman–Crippen MR) is 128 cm³/mol. The Morgan fingerprint density at radius 3 is 2.60 bits per heavy atom. The summed E-state index contributed by atoms with van der Waals surface area (Å²) < 4.78 is 7.86. The van der Waals surface area contributed by atoms with E-state index in [-0.39, 0.29) is 5.56 Å². The van der Waals surface area contributed by atoms with Gasteiger partial charge < -0.3 is 9.30 Å². The minimum Gasteiger partial charge on any atom is -0.480 e. The van der Waals surface area contributed by atoms with Gasteiger partial charge >= 0.3 is 0 Å². The van der Waals surface area contributed by atoms with Crippen LogP contribution < -0.4 is 10.3 Å². The molecule has 3 nitrogen and oxygen atoms in total. The second-order valence-electron chi connectivity index (χ2n) is 7.79. The van der Waals surface area contributed by atoms with Gasteiger partial charge in [-0.1, -0.05) is 64.0 Å². The molecule has 0 bridgehead atoms. The maximum Gasteiger partial charge on any atom is 0.254 e. The lowest BCUT2D eigenvalue weighted by atomic mass is 9.94. The predicted octanol–water partition coefficient (Wildman–Crippen LogP) is 5.99. The number of aryl methyl sites for hydroxylation is 2. The summed E-state index contributed by atoms with van der Waals surface area (Å²) in [6, 6.07) is 4.19. The number of pyridine rings is 1. The van der Waals surface area contributed by atoms with Gasteiger partial charge in [0.15, 0.2) is 0 Å². The van der Waals surface area contributed by atoms with Crippen LogP contribution in [0.2, 0.25) is 0 Å². The molecule has 0 aliphatic heterocycles. The number of benzene rings is 1. The molecule has 2 aromatic rings. The molecule has 0 fully saturated rings. The summed E-state index contributed by atoms with van der Waals surface area (Å²) in [4.78, 5) is 13.2. The van der Waals surface area contributed by atoms with Crippen LogP contribution in [0.5, 0.6) is 5.75 Å². The molecule has 0 saturated heterocycles. The van der Waals surface area contributed by atoms with Gasteiger partial charge in [0, 0.05) is 30.8 Å². The van der Waals surface area contributed by atoms with Gasteiger partial charge in [0.1, 0.15) is 12.4 Å². The van der Waals surface area contributed by atoms with Crippen molar-refractivity contribution in [2.45, 2.75) is 52.9 Å². The Labute approximate surface area is 180 Å². The second kappa shape index (κ2) is 10.7. The number of hydrogen-bond donors (Lipinski definition) is 0. The first-order valence-corrected chi connectivity index (χ1v) is 10.5. The molecule has 2 rings (SSSR count). The van der Waals surface area contributed by atoms with Gasteiger partial charge in [0.05, 0.1) is 5.52 Å². The van der Waals surface area contributed by atoms with Crippen molar-refractivity contribution in [3.05, 3.63) is 76.1 Å². The minimum absolute atomic E-state index is 0.00593. The summed E-state index contributed by atoms with van der Waals surface area (Å²) in [6.45, 7) is 16.4. The maximum atomic E-state index is 13.2. The number of aromatic nitrogens is 1. The van der Waals surface area contributed by atoms with Gasteiger partial charge in [-0.15, -0.1) is 0 Å². The van der Waals surface area contributed by atoms with Gasteiger partial charge in [-0.05, 0) is 48.1 Å². The van der Waals surface area contributed by atoms with Crippen LogP contribution in [0.1, 0.15) is 56.2 Å². The molecular weight excluding hydrogens is 370 g/mol. The molecule has 0 N–H and O–H groups in total. The number of ether oxygens (including phenoxy) is 1. The molecule has 0 saturated carbocycles. The van der Waals surface area contributed by atoms with Gasteiger partial charge in [0.25, 0.3) is 5.56 Å². The van der Waals surface area contributed by atoms with Gasteiger partial charge in [-0.25, -0.2) is 0 Å². The number of nitrogens with zero attached hydrogens (tertiary/aromatic N) is 1. The number of unbranched alkanes of at least 4 members (excludes halogenated alkanes) is 1. The maximum absolute atomic E-state index is 13.2. The Balaban J connectivity index is 2.72. The molecule has 0 aliphatic rings. The Kier molecular flexibility index (Phi) is 8.30. The number of hydrogen-bond acceptors (Lipinski definition) is 2. The van der Waals surface area contributed by atoms with Gasteiger partial charge in [-0.2, -0.15) is 0 Å². The summed E-state index contributed by atoms with van der Waals surface area (Å²) >= 11 is 0. The van der Waals surface area contributed by atoms with Crippen LogP contribution in [-0.2, 0) is 13.5 Å². The zero-order chi connectivity index (χ0) is 22.3. The highest BCUT2D eigenvalue weighted by atomic mass is 16.5. The molecule has 0 unspecified atom stereocenters. The van der Waals surface area contributed by atoms with Crippen LogP contribution >= 0.6 is 0 Å². The molecule has 1 aromatic carbocycles. The van der Waals surface area contributed by atoms with Crippen molar-refractivity contribution in [3.8, 4) is 17.6 Å². The highest BCUT2D eigenvalue weighted by molar-refractivity contribution is 5.90. The Hall–Kier alpha value is -2.99. The largest absolute Gasteiger partial charge is 0.480 e. The Bertz CT molecular complexity index is 1090. The molecule has 0 radical (unpaired) electrons. The smallest absolute Gasteiger partial charge is 0.254 e. The fourth-order valence-electron chi connectivity index (χ4n) is 3.47. The molecule has 0 atom stereocenters. The van der Waals surface area contributed by atoms with Crippen LogP contribution in [0.4, 0.5) is 0 Å². The molecule has 0 aliphatic carbocycles. The van der Waals surface area contributed by atoms with Crippen LogP contribution in [0, 0.1) is 18.8 Å². The first-order valence-electron chi connectivity index (χ1n) is 10.5. The third-order valence-electron chi connectivity index (χ3n) is 5.30. The van der Waals surface area contributed by atoms with Gasteiger partial charge in [0.2, 0.25) is 0 Å². The molecule has 158 valence electrons. The summed E-state index contributed by atoms with van der Waals surface area (Å²) in [5.41, 5.74) is 4.67. The third kappa shape index (κ3) is 5.13. The van der Waals surface area contributed by atoms with E-state index in [1.54, 1.807) is 16.7 Å². The van der Waals surface area contributed by atoms with E-state index >= 15 is 0 Å². The van der Waals surface area contributed by atoms with Crippen molar-refractivity contribution in [1.29, 1.82) is 0 Å². The molecule has 30 heavy (non-hydrogen) atoms. The van der Waals surface area contributed by atoms with E-state index in [1.165, 1.54) is 0 Å². The minimum atomic E-state index is 0.00593. The first kappa shape index (κ1) is 23.3. The van der Waals surface area contributed by atoms with Crippen molar-refractivity contribution in [2.75, 3.05) is 6.61 Å². The number of rotatable bonds is 8. The second-order valence-corrected chi connectivity index (χ2v) is 7.79. The van der Waals surface area contributed by atoms with E-state index < -0.39 is 0 Å². The molecule has 3 heteroatoms. The average Bonchev–Trinajstić information content (AvgIpc) is 2.73. The molecule has 0 spiro atoms. The van der Waals surface area contributed by atoms with Crippen molar-refractivity contribution >= 4 is 10.9 Å². The van der Waals surface area contributed by atoms with Crippen LogP contribution in [0.25, 0.3) is 10.9 Å². The SMILES string of the molecule is C=C/C=C(\C=C)Cc1c(C)c2c(OCC#CCCC)cc(C(C)C)cc2n(C)c1=O. The standard InChI is InChI=1S/C27H33NO2/c1-8-11-12-13-15-30-25-18-22(19(4)5)17-24-26(25)20(6)23(27(29)28(24)7)16-21(10-3)14-9-2/h9-10,14,17-19H,2-3,8,11,15-16H2,1,4-7H3/b21-14+. The van der Waals surface area contributed by atoms with Crippen molar-refractivity contribution in [3.63, 3.8) is 0 Å². The van der Waals surface area contributed by atoms with Crippen molar-refractivity contribution in [2.24, 2.45) is 7.05 Å². The summed E-state index contributed by atoms with van der Waals surface area (Å²) in [6.07, 6.45) is 7.79. The quantitative estimate of drug-likeness (QED) is 0.400. The van der Waals surface area contributed by atoms with Crippen molar-refractivity contribution in [1.82, 2.24) is 4.57 Å². The van der Waals surface area contributed by atoms with E-state index in [0.717, 1.165) is 51.8 Å². The van der Waals surface area contributed by atoms with Gasteiger partial charge in [-0.3, -0.25) is 4.79 Å². The van der Waals surface area contributed by atoms with E-state index in [0.29, 0.717) is 18.9 Å². The van der Waals surface area contributed by atoms with E-state index in [2.05, 4.69) is 57.9 Å². The van der Waals surface area contributed by atoms with Crippen LogP contribution in [0.3, 0.4) is 0 Å². The molecule has 0 amide bonds. The molecule has 1 heterocycles. The van der Waals surface area contributed by atoms with Crippen LogP contribution in [0.15, 0.2) is 53.9 Å². The molecular formula is C27H33NO2. The number of fused-ring (bicyclic) bond motifs is 1. The fraction of sp³-hybridized carbons (Fsp3) is 0.370. The summed E-state index contributed by atoms with van der Waals surface area (Å²) in [5, 5.41) is 0.968. The highest BCUT2D eigenvalue weighted by Crippen LogP contribution is 2.33. The summed E-state index contributed by atoms with van der Waals surface area (Å²) in [5.74, 6) is 7.32. The highest BCUT2D eigenvalue weighted by Gasteiger charge is 2.18. The summed E-state index contributed by atoms with van der Waals surface area (Å²) in [7, 11) is 1.83. The lowest BCUT2D eigenvalue weighted by Crippen LogP contribution is -2.24. The zero-order valence-electron chi connectivity index (χ0n) is 19.0. The lowest BCUT2D eigenvalue weighted by Gasteiger charge is -2.19. The first-order chi connectivity index (χ1) is 14.3. The van der Waals surface area contributed by atoms with E-state index in [9.17, 15) is 4.79 Å². The van der Waals surface area contributed by atoms with Crippen molar-refractivity contribution < 1.29 is 4.74 Å². The Morgan fingerprint density at radius 1 is 1.27 bits per heavy atom. The topological polar surface area (TPSA) is 31.2 Å². The molecule has 1 aromatic heterocycles. The van der Waals surface area contributed by atoms with E-state index in [4.69, 9.17) is 4.74 Å². The zero-order valence-corrected chi connectivity index (χ0v) is 19.0. The third-order valence-corrected chi connectivity index (χ3v) is 5.30. The van der Waals surface area contributed by atoms with Crippen LogP contribution in [-0.4, -0.2) is 11.2 Å². The monoisotopic (exact) mass is 403 g/mol. The van der Waals surface area contributed by atoms with E-state index in [1.807, 2.05) is 20.0 Å². The Morgan fingerprint density at radius 2 is 2.00 bits per heavy atom.